The minimum atomic E-state index is -0.343. The summed E-state index contributed by atoms with van der Waals surface area (Å²) in [5.41, 5.74) is 2.99. The van der Waals surface area contributed by atoms with E-state index in [1.54, 1.807) is 16.8 Å². The predicted molar refractivity (Wildman–Crippen MR) is 89.0 cm³/mol. The summed E-state index contributed by atoms with van der Waals surface area (Å²) in [5, 5.41) is 9.92. The Morgan fingerprint density at radius 2 is 1.96 bits per heavy atom. The number of halogens is 1. The minimum absolute atomic E-state index is 0.0481. The molecule has 0 unspecified atom stereocenters. The average Bonchev–Trinajstić information content (AvgIpc) is 3.15. The molecule has 1 fully saturated rings. The van der Waals surface area contributed by atoms with Crippen LogP contribution >= 0.6 is 0 Å². The molecule has 6 nitrogen and oxygen atoms in total. The van der Waals surface area contributed by atoms with E-state index in [1.807, 2.05) is 0 Å². The van der Waals surface area contributed by atoms with Gasteiger partial charge in [-0.2, -0.15) is 5.10 Å². The standard InChI is InChI=1S/C18H19FN4O2/c19-11-4-8-13(9-5-11)23-15-3-1-2-14(15)17(22-23)18(25)20-10-16(24)21-12-6-7-12/h4-5,8-9,12H,1-3,6-7,10H2,(H,20,25)(H,21,24). The number of nitrogens with one attached hydrogen (secondary N) is 2. The highest BCUT2D eigenvalue weighted by atomic mass is 19.1. The number of amides is 2. The molecule has 0 spiro atoms. The highest BCUT2D eigenvalue weighted by molar-refractivity contribution is 5.96. The van der Waals surface area contributed by atoms with E-state index < -0.39 is 0 Å². The van der Waals surface area contributed by atoms with Crippen LogP contribution < -0.4 is 10.6 Å². The highest BCUT2D eigenvalue weighted by Gasteiger charge is 2.28. The van der Waals surface area contributed by atoms with Gasteiger partial charge in [-0.25, -0.2) is 9.07 Å². The van der Waals surface area contributed by atoms with Gasteiger partial charge in [0, 0.05) is 17.3 Å². The first kappa shape index (κ1) is 15.8. The van der Waals surface area contributed by atoms with Gasteiger partial charge in [0.1, 0.15) is 5.82 Å². The van der Waals surface area contributed by atoms with Gasteiger partial charge in [-0.3, -0.25) is 9.59 Å². The van der Waals surface area contributed by atoms with Crippen molar-refractivity contribution in [1.29, 1.82) is 0 Å². The Labute approximate surface area is 144 Å². The fourth-order valence-corrected chi connectivity index (χ4v) is 3.17. The molecule has 4 rings (SSSR count). The van der Waals surface area contributed by atoms with Crippen LogP contribution in [0.15, 0.2) is 24.3 Å². The zero-order valence-electron chi connectivity index (χ0n) is 13.7. The summed E-state index contributed by atoms with van der Waals surface area (Å²) in [6.45, 7) is -0.0481. The quantitative estimate of drug-likeness (QED) is 0.865. The van der Waals surface area contributed by atoms with Crippen molar-refractivity contribution in [2.75, 3.05) is 6.54 Å². The summed E-state index contributed by atoms with van der Waals surface area (Å²) in [6, 6.07) is 6.31. The molecule has 1 aromatic heterocycles. The van der Waals surface area contributed by atoms with Crippen LogP contribution in [0.5, 0.6) is 0 Å². The lowest BCUT2D eigenvalue weighted by molar-refractivity contribution is -0.120. The monoisotopic (exact) mass is 342 g/mol. The van der Waals surface area contributed by atoms with E-state index in [0.29, 0.717) is 5.69 Å². The molecular weight excluding hydrogens is 323 g/mol. The SMILES string of the molecule is O=C(CNC(=O)c1nn(-c2ccc(F)cc2)c2c1CCC2)NC1CC1. The number of carbonyl (C=O) groups is 2. The van der Waals surface area contributed by atoms with Gasteiger partial charge in [-0.1, -0.05) is 0 Å². The number of fused-ring (bicyclic) bond motifs is 1. The lowest BCUT2D eigenvalue weighted by Gasteiger charge is -2.06. The van der Waals surface area contributed by atoms with Crippen LogP contribution in [0, 0.1) is 5.82 Å². The van der Waals surface area contributed by atoms with E-state index in [9.17, 15) is 14.0 Å². The molecule has 2 amide bonds. The second-order valence-corrected chi connectivity index (χ2v) is 6.54. The molecule has 2 aliphatic rings. The fourth-order valence-electron chi connectivity index (χ4n) is 3.17. The second-order valence-electron chi connectivity index (χ2n) is 6.54. The van der Waals surface area contributed by atoms with Gasteiger partial charge < -0.3 is 10.6 Å². The van der Waals surface area contributed by atoms with Crippen molar-refractivity contribution < 1.29 is 14.0 Å². The molecule has 0 bridgehead atoms. The van der Waals surface area contributed by atoms with E-state index >= 15 is 0 Å². The molecule has 2 N–H and O–H groups in total. The van der Waals surface area contributed by atoms with Gasteiger partial charge in [0.15, 0.2) is 5.69 Å². The maximum absolute atomic E-state index is 13.1. The van der Waals surface area contributed by atoms with Crippen molar-refractivity contribution in [3.05, 3.63) is 47.0 Å². The van der Waals surface area contributed by atoms with Crippen LogP contribution in [0.4, 0.5) is 4.39 Å². The topological polar surface area (TPSA) is 76.0 Å². The number of nitrogens with zero attached hydrogens (tertiary/aromatic N) is 2. The van der Waals surface area contributed by atoms with Crippen molar-refractivity contribution in [1.82, 2.24) is 20.4 Å². The first-order chi connectivity index (χ1) is 12.1. The van der Waals surface area contributed by atoms with Crippen molar-refractivity contribution in [2.24, 2.45) is 0 Å². The van der Waals surface area contributed by atoms with Crippen molar-refractivity contribution in [3.63, 3.8) is 0 Å². The molecule has 1 heterocycles. The molecule has 1 saturated carbocycles. The summed E-state index contributed by atoms with van der Waals surface area (Å²) in [4.78, 5) is 24.2. The Bertz CT molecular complexity index is 824. The first-order valence-electron chi connectivity index (χ1n) is 8.56. The van der Waals surface area contributed by atoms with Crippen LogP contribution in [-0.2, 0) is 17.6 Å². The zero-order chi connectivity index (χ0) is 17.4. The van der Waals surface area contributed by atoms with Crippen molar-refractivity contribution in [2.45, 2.75) is 38.1 Å². The Morgan fingerprint density at radius 1 is 1.20 bits per heavy atom. The lowest BCUT2D eigenvalue weighted by atomic mass is 10.2. The van der Waals surface area contributed by atoms with E-state index in [1.165, 1.54) is 12.1 Å². The Morgan fingerprint density at radius 3 is 2.68 bits per heavy atom. The number of rotatable bonds is 5. The number of benzene rings is 1. The van der Waals surface area contributed by atoms with Crippen LogP contribution in [0.2, 0.25) is 0 Å². The maximum atomic E-state index is 13.1. The maximum Gasteiger partial charge on any atom is 0.272 e. The Hall–Kier alpha value is -2.70. The minimum Gasteiger partial charge on any atom is -0.352 e. The van der Waals surface area contributed by atoms with Gasteiger partial charge >= 0.3 is 0 Å². The molecule has 1 aromatic carbocycles. The number of hydrogen-bond acceptors (Lipinski definition) is 3. The fraction of sp³-hybridized carbons (Fsp3) is 0.389. The van der Waals surface area contributed by atoms with E-state index in [0.717, 1.165) is 49.0 Å². The molecule has 25 heavy (non-hydrogen) atoms. The van der Waals surface area contributed by atoms with E-state index in [-0.39, 0.29) is 30.2 Å². The largest absolute Gasteiger partial charge is 0.352 e. The van der Waals surface area contributed by atoms with Gasteiger partial charge in [0.2, 0.25) is 5.91 Å². The molecule has 130 valence electrons. The summed E-state index contributed by atoms with van der Waals surface area (Å²) < 4.78 is 14.9. The lowest BCUT2D eigenvalue weighted by Crippen LogP contribution is -2.38. The third-order valence-corrected chi connectivity index (χ3v) is 4.57. The zero-order valence-corrected chi connectivity index (χ0v) is 13.7. The molecular formula is C18H19FN4O2. The average molecular weight is 342 g/mol. The van der Waals surface area contributed by atoms with Gasteiger partial charge in [-0.05, 0) is 56.4 Å². The van der Waals surface area contributed by atoms with Crippen LogP contribution in [0.3, 0.4) is 0 Å². The number of aromatic nitrogens is 2. The van der Waals surface area contributed by atoms with Gasteiger partial charge in [-0.15, -0.1) is 0 Å². The summed E-state index contributed by atoms with van der Waals surface area (Å²) in [5.74, 6) is -0.831. The van der Waals surface area contributed by atoms with Crippen LogP contribution in [0.25, 0.3) is 5.69 Å². The molecule has 0 atom stereocenters. The summed E-state index contributed by atoms with van der Waals surface area (Å²) in [7, 11) is 0. The van der Waals surface area contributed by atoms with E-state index in [4.69, 9.17) is 0 Å². The summed E-state index contributed by atoms with van der Waals surface area (Å²) >= 11 is 0. The third-order valence-electron chi connectivity index (χ3n) is 4.57. The smallest absolute Gasteiger partial charge is 0.272 e. The third kappa shape index (κ3) is 3.26. The van der Waals surface area contributed by atoms with Crippen LogP contribution in [0.1, 0.15) is 41.0 Å². The van der Waals surface area contributed by atoms with Crippen molar-refractivity contribution in [3.8, 4) is 5.69 Å². The molecule has 0 saturated heterocycles. The van der Waals surface area contributed by atoms with Gasteiger partial charge in [0.25, 0.3) is 5.91 Å². The number of carbonyl (C=O) groups excluding carboxylic acids is 2. The van der Waals surface area contributed by atoms with Gasteiger partial charge in [0.05, 0.1) is 12.2 Å². The molecule has 7 heteroatoms. The normalized spacial score (nSPS) is 15.7. The first-order valence-corrected chi connectivity index (χ1v) is 8.56. The predicted octanol–water partition coefficient (Wildman–Crippen LogP) is 1.51. The molecule has 2 aromatic rings. The molecule has 2 aliphatic carbocycles. The highest BCUT2D eigenvalue weighted by Crippen LogP contribution is 2.27. The molecule has 0 aliphatic heterocycles. The van der Waals surface area contributed by atoms with E-state index in [2.05, 4.69) is 15.7 Å². The second kappa shape index (κ2) is 6.31. The van der Waals surface area contributed by atoms with Crippen molar-refractivity contribution >= 4 is 11.8 Å². The van der Waals surface area contributed by atoms with Crippen LogP contribution in [-0.4, -0.2) is 34.2 Å². The molecule has 0 radical (unpaired) electrons. The summed E-state index contributed by atoms with van der Waals surface area (Å²) in [6.07, 6.45) is 4.59. The Balaban J connectivity index is 1.53. The number of hydrogen-bond donors (Lipinski definition) is 2. The Kier molecular flexibility index (Phi) is 3.99.